The molecule has 2 heteroatoms. The molecule has 0 saturated heterocycles. The van der Waals surface area contributed by atoms with Crippen molar-refractivity contribution in [3.8, 4) is 33.4 Å². The molecule has 7 aromatic carbocycles. The molecule has 0 spiro atoms. The zero-order chi connectivity index (χ0) is 27.6. The highest BCUT2D eigenvalue weighted by atomic mass is 14.6. The van der Waals surface area contributed by atoms with Crippen LogP contribution in [0.1, 0.15) is 0 Å². The van der Waals surface area contributed by atoms with Crippen molar-refractivity contribution in [3.05, 3.63) is 146 Å². The van der Waals surface area contributed by atoms with Gasteiger partial charge >= 0.3 is 0 Å². The van der Waals surface area contributed by atoms with Gasteiger partial charge in [0.15, 0.2) is 0 Å². The van der Waals surface area contributed by atoms with E-state index >= 15 is 0 Å². The summed E-state index contributed by atoms with van der Waals surface area (Å²) < 4.78 is 0. The summed E-state index contributed by atoms with van der Waals surface area (Å²) in [6.07, 6.45) is 3.70. The van der Waals surface area contributed by atoms with Gasteiger partial charge in [-0.15, -0.1) is 0 Å². The fourth-order valence-corrected chi connectivity index (χ4v) is 6.73. The number of pyridine rings is 2. The SMILES string of the molecule is c1cnc2ccc(-c3ccc4ccc5c(-c6ccc(-c7cccc8ncccc78)cc6)ccc6ccc3c4c65)cc2c1. The van der Waals surface area contributed by atoms with E-state index in [0.29, 0.717) is 0 Å². The van der Waals surface area contributed by atoms with E-state index in [1.54, 1.807) is 0 Å². The lowest BCUT2D eigenvalue weighted by atomic mass is 9.87. The molecule has 9 rings (SSSR count). The Morgan fingerprint density at radius 3 is 1.62 bits per heavy atom. The Hall–Kier alpha value is -5.60. The van der Waals surface area contributed by atoms with E-state index < -0.39 is 0 Å². The van der Waals surface area contributed by atoms with E-state index in [9.17, 15) is 0 Å². The molecular weight excluding hydrogens is 508 g/mol. The Morgan fingerprint density at radius 1 is 0.333 bits per heavy atom. The fourth-order valence-electron chi connectivity index (χ4n) is 6.73. The van der Waals surface area contributed by atoms with Crippen LogP contribution in [-0.4, -0.2) is 9.97 Å². The average Bonchev–Trinajstić information content (AvgIpc) is 3.06. The summed E-state index contributed by atoms with van der Waals surface area (Å²) in [4.78, 5) is 9.06. The van der Waals surface area contributed by atoms with Gasteiger partial charge in [-0.1, -0.05) is 103 Å². The van der Waals surface area contributed by atoms with Crippen LogP contribution >= 0.6 is 0 Å². The van der Waals surface area contributed by atoms with Crippen LogP contribution in [0.25, 0.3) is 87.5 Å². The van der Waals surface area contributed by atoms with E-state index in [1.807, 2.05) is 24.5 Å². The standard InChI is InChI=1S/C40H24N2/c1-5-31(34-6-3-23-42-38(34)7-1)25-8-10-26(11-9-25)32-17-12-27-15-20-36-33(18-13-28-14-19-35(32)39(27)40(28)36)29-16-21-37-30(24-29)4-2-22-41-37/h1-24H. The van der Waals surface area contributed by atoms with Crippen molar-refractivity contribution in [1.82, 2.24) is 9.97 Å². The molecule has 0 N–H and O–H groups in total. The second-order valence-corrected chi connectivity index (χ2v) is 11.0. The molecule has 0 saturated carbocycles. The van der Waals surface area contributed by atoms with Gasteiger partial charge in [-0.05, 0) is 96.0 Å². The maximum absolute atomic E-state index is 4.54. The minimum Gasteiger partial charge on any atom is -0.256 e. The van der Waals surface area contributed by atoms with Gasteiger partial charge in [0.05, 0.1) is 11.0 Å². The van der Waals surface area contributed by atoms with Crippen LogP contribution in [0.3, 0.4) is 0 Å². The first-order chi connectivity index (χ1) is 20.8. The van der Waals surface area contributed by atoms with E-state index in [-0.39, 0.29) is 0 Å². The predicted molar refractivity (Wildman–Crippen MR) is 177 cm³/mol. The summed E-state index contributed by atoms with van der Waals surface area (Å²) in [7, 11) is 0. The number of benzene rings is 7. The third kappa shape index (κ3) is 3.45. The van der Waals surface area contributed by atoms with Crippen molar-refractivity contribution >= 4 is 54.1 Å². The summed E-state index contributed by atoms with van der Waals surface area (Å²) in [5.41, 5.74) is 9.39. The number of aromatic nitrogens is 2. The average molecular weight is 533 g/mol. The Bertz CT molecular complexity index is 2450. The van der Waals surface area contributed by atoms with Crippen molar-refractivity contribution in [2.75, 3.05) is 0 Å². The van der Waals surface area contributed by atoms with Crippen molar-refractivity contribution in [3.63, 3.8) is 0 Å². The molecule has 0 unspecified atom stereocenters. The summed E-state index contributed by atoms with van der Waals surface area (Å²) in [5.74, 6) is 0. The van der Waals surface area contributed by atoms with E-state index in [1.165, 1.54) is 71.1 Å². The Morgan fingerprint density at radius 2 is 0.905 bits per heavy atom. The van der Waals surface area contributed by atoms with Gasteiger partial charge in [-0.3, -0.25) is 9.97 Å². The first-order valence-electron chi connectivity index (χ1n) is 14.3. The molecule has 2 heterocycles. The topological polar surface area (TPSA) is 25.8 Å². The van der Waals surface area contributed by atoms with E-state index in [0.717, 1.165) is 16.4 Å². The van der Waals surface area contributed by atoms with Crippen LogP contribution < -0.4 is 0 Å². The highest BCUT2D eigenvalue weighted by Gasteiger charge is 2.15. The van der Waals surface area contributed by atoms with Crippen molar-refractivity contribution < 1.29 is 0 Å². The predicted octanol–water partition coefficient (Wildman–Crippen LogP) is 10.7. The van der Waals surface area contributed by atoms with Gasteiger partial charge in [0.2, 0.25) is 0 Å². The summed E-state index contributed by atoms with van der Waals surface area (Å²) in [5, 5.41) is 10.1. The second-order valence-electron chi connectivity index (χ2n) is 11.0. The third-order valence-electron chi connectivity index (χ3n) is 8.73. The Labute approximate surface area is 242 Å². The Balaban J connectivity index is 1.22. The molecular formula is C40H24N2. The molecule has 9 aromatic rings. The molecule has 2 nitrogen and oxygen atoms in total. The van der Waals surface area contributed by atoms with Crippen LogP contribution in [0, 0.1) is 0 Å². The van der Waals surface area contributed by atoms with Crippen LogP contribution in [0.5, 0.6) is 0 Å². The van der Waals surface area contributed by atoms with Gasteiger partial charge < -0.3 is 0 Å². The zero-order valence-electron chi connectivity index (χ0n) is 22.8. The normalized spacial score (nSPS) is 11.8. The quantitative estimate of drug-likeness (QED) is 0.212. The largest absolute Gasteiger partial charge is 0.256 e. The van der Waals surface area contributed by atoms with Crippen LogP contribution in [-0.2, 0) is 0 Å². The molecule has 194 valence electrons. The molecule has 0 fully saturated rings. The van der Waals surface area contributed by atoms with Crippen LogP contribution in [0.4, 0.5) is 0 Å². The van der Waals surface area contributed by atoms with Gasteiger partial charge in [0.1, 0.15) is 0 Å². The van der Waals surface area contributed by atoms with Crippen LogP contribution in [0.15, 0.2) is 146 Å². The third-order valence-corrected chi connectivity index (χ3v) is 8.73. The number of nitrogens with zero attached hydrogens (tertiary/aromatic N) is 2. The summed E-state index contributed by atoms with van der Waals surface area (Å²) >= 11 is 0. The van der Waals surface area contributed by atoms with Gasteiger partial charge in [0, 0.05) is 23.2 Å². The van der Waals surface area contributed by atoms with Gasteiger partial charge in [-0.25, -0.2) is 0 Å². The molecule has 0 atom stereocenters. The van der Waals surface area contributed by atoms with Crippen LogP contribution in [0.2, 0.25) is 0 Å². The van der Waals surface area contributed by atoms with Crippen molar-refractivity contribution in [2.24, 2.45) is 0 Å². The maximum Gasteiger partial charge on any atom is 0.0708 e. The van der Waals surface area contributed by atoms with Crippen molar-refractivity contribution in [1.29, 1.82) is 0 Å². The lowest BCUT2D eigenvalue weighted by molar-refractivity contribution is 1.41. The maximum atomic E-state index is 4.54. The molecule has 0 aliphatic carbocycles. The number of hydrogen-bond donors (Lipinski definition) is 0. The molecule has 0 bridgehead atoms. The number of fused-ring (bicyclic) bond motifs is 2. The van der Waals surface area contributed by atoms with E-state index in [2.05, 4.69) is 131 Å². The smallest absolute Gasteiger partial charge is 0.0708 e. The minimum absolute atomic E-state index is 1.02. The Kier molecular flexibility index (Phi) is 4.93. The molecule has 42 heavy (non-hydrogen) atoms. The summed E-state index contributed by atoms with van der Waals surface area (Å²) in [6.45, 7) is 0. The monoisotopic (exact) mass is 532 g/mol. The van der Waals surface area contributed by atoms with Gasteiger partial charge in [-0.2, -0.15) is 0 Å². The highest BCUT2D eigenvalue weighted by Crippen LogP contribution is 2.43. The lowest BCUT2D eigenvalue weighted by Crippen LogP contribution is -1.90. The molecule has 0 aliphatic rings. The highest BCUT2D eigenvalue weighted by molar-refractivity contribution is 6.27. The molecule has 0 amide bonds. The van der Waals surface area contributed by atoms with Gasteiger partial charge in [0.25, 0.3) is 0 Å². The number of hydrogen-bond acceptors (Lipinski definition) is 2. The first kappa shape index (κ1) is 23.1. The molecule has 0 radical (unpaired) electrons. The molecule has 2 aromatic heterocycles. The van der Waals surface area contributed by atoms with Crippen molar-refractivity contribution in [2.45, 2.75) is 0 Å². The lowest BCUT2D eigenvalue weighted by Gasteiger charge is -2.17. The first-order valence-corrected chi connectivity index (χ1v) is 14.3. The fraction of sp³-hybridized carbons (Fsp3) is 0. The minimum atomic E-state index is 1.02. The summed E-state index contributed by atoms with van der Waals surface area (Å²) in [6, 6.07) is 48.4. The zero-order valence-corrected chi connectivity index (χ0v) is 22.8. The molecule has 0 aliphatic heterocycles. The number of rotatable bonds is 3. The van der Waals surface area contributed by atoms with E-state index in [4.69, 9.17) is 0 Å². The second kappa shape index (κ2) is 8.95.